The summed E-state index contributed by atoms with van der Waals surface area (Å²) < 4.78 is 37.5. The Balaban J connectivity index is 2.30. The third-order valence-electron chi connectivity index (χ3n) is 2.95. The van der Waals surface area contributed by atoms with Crippen LogP contribution in [0.4, 0.5) is 13.2 Å². The van der Waals surface area contributed by atoms with Crippen molar-refractivity contribution in [3.63, 3.8) is 0 Å². The van der Waals surface area contributed by atoms with E-state index < -0.39 is 12.1 Å². The number of rotatable bonds is 3. The lowest BCUT2D eigenvalue weighted by atomic mass is 10.0. The number of alkyl halides is 3. The zero-order valence-corrected chi connectivity index (χ0v) is 11.6. The van der Waals surface area contributed by atoms with E-state index in [0.29, 0.717) is 22.6 Å². The van der Waals surface area contributed by atoms with Gasteiger partial charge in [-0.05, 0) is 31.4 Å². The van der Waals surface area contributed by atoms with Crippen molar-refractivity contribution in [3.8, 4) is 0 Å². The molecule has 0 saturated carbocycles. The third kappa shape index (κ3) is 3.33. The molecule has 0 saturated heterocycles. The first-order chi connectivity index (χ1) is 9.27. The molecule has 0 aliphatic rings. The fraction of sp³-hybridized carbons (Fsp3) is 0.500. The van der Waals surface area contributed by atoms with Crippen LogP contribution in [0.1, 0.15) is 24.7 Å². The second-order valence-corrected chi connectivity index (χ2v) is 4.94. The Morgan fingerprint density at radius 2 is 1.95 bits per heavy atom. The highest BCUT2D eigenvalue weighted by molar-refractivity contribution is 6.28. The smallest absolute Gasteiger partial charge is 0.249 e. The largest absolute Gasteiger partial charge is 0.391 e. The monoisotopic (exact) mass is 304 g/mol. The molecule has 2 aromatic heterocycles. The summed E-state index contributed by atoms with van der Waals surface area (Å²) in [6.07, 6.45) is -2.65. The van der Waals surface area contributed by atoms with E-state index in [-0.39, 0.29) is 18.1 Å². The first-order valence-corrected chi connectivity index (χ1v) is 6.37. The number of aryl methyl sites for hydroxylation is 2. The van der Waals surface area contributed by atoms with Crippen molar-refractivity contribution >= 4 is 22.8 Å². The van der Waals surface area contributed by atoms with Crippen LogP contribution in [0.25, 0.3) is 11.2 Å². The molecule has 1 unspecified atom stereocenters. The molecule has 2 aromatic rings. The van der Waals surface area contributed by atoms with E-state index in [4.69, 9.17) is 11.6 Å². The molecule has 20 heavy (non-hydrogen) atoms. The Morgan fingerprint density at radius 1 is 1.25 bits per heavy atom. The van der Waals surface area contributed by atoms with E-state index in [1.54, 1.807) is 6.92 Å². The zero-order valence-electron chi connectivity index (χ0n) is 10.9. The molecule has 2 heterocycles. The van der Waals surface area contributed by atoms with Gasteiger partial charge in [0.15, 0.2) is 5.65 Å². The molecule has 0 bridgehead atoms. The van der Waals surface area contributed by atoms with Crippen molar-refractivity contribution in [2.45, 2.75) is 32.9 Å². The Bertz CT molecular complexity index is 625. The van der Waals surface area contributed by atoms with Crippen molar-refractivity contribution in [3.05, 3.63) is 22.9 Å². The van der Waals surface area contributed by atoms with Gasteiger partial charge in [-0.2, -0.15) is 18.2 Å². The molecule has 8 heteroatoms. The predicted octanol–water partition coefficient (Wildman–Crippen LogP) is 3.51. The van der Waals surface area contributed by atoms with E-state index in [9.17, 15) is 13.2 Å². The first-order valence-electron chi connectivity index (χ1n) is 6.00. The molecule has 108 valence electrons. The van der Waals surface area contributed by atoms with Gasteiger partial charge < -0.3 is 0 Å². The highest BCUT2D eigenvalue weighted by Crippen LogP contribution is 2.29. The van der Waals surface area contributed by atoms with Crippen molar-refractivity contribution in [2.24, 2.45) is 5.92 Å². The van der Waals surface area contributed by atoms with E-state index in [2.05, 4.69) is 19.9 Å². The Hall–Kier alpha value is -1.50. The van der Waals surface area contributed by atoms with Gasteiger partial charge in [0.2, 0.25) is 5.28 Å². The van der Waals surface area contributed by atoms with Gasteiger partial charge in [-0.3, -0.25) is 0 Å². The number of hydrogen-bond donors (Lipinski definition) is 0. The summed E-state index contributed by atoms with van der Waals surface area (Å²) in [6, 6.07) is 0. The second kappa shape index (κ2) is 5.47. The number of halogens is 4. The van der Waals surface area contributed by atoms with E-state index in [0.717, 1.165) is 6.92 Å². The molecule has 0 aliphatic heterocycles. The lowest BCUT2D eigenvalue weighted by molar-refractivity contribution is -0.170. The third-order valence-corrected chi connectivity index (χ3v) is 3.12. The van der Waals surface area contributed by atoms with Gasteiger partial charge in [0.25, 0.3) is 0 Å². The quantitative estimate of drug-likeness (QED) is 0.814. The molecule has 0 fully saturated rings. The van der Waals surface area contributed by atoms with Crippen LogP contribution in [0.5, 0.6) is 0 Å². The van der Waals surface area contributed by atoms with E-state index in [1.165, 1.54) is 6.20 Å². The highest BCUT2D eigenvalue weighted by Gasteiger charge is 2.35. The summed E-state index contributed by atoms with van der Waals surface area (Å²) in [7, 11) is 0. The van der Waals surface area contributed by atoms with Crippen LogP contribution >= 0.6 is 11.6 Å². The van der Waals surface area contributed by atoms with Crippen LogP contribution in [0, 0.1) is 12.8 Å². The average molecular weight is 305 g/mol. The molecule has 0 aromatic carbocycles. The summed E-state index contributed by atoms with van der Waals surface area (Å²) in [6.45, 7) is 2.88. The van der Waals surface area contributed by atoms with Gasteiger partial charge in [0, 0.05) is 6.20 Å². The topological polar surface area (TPSA) is 51.6 Å². The van der Waals surface area contributed by atoms with Gasteiger partial charge in [-0.15, -0.1) is 0 Å². The summed E-state index contributed by atoms with van der Waals surface area (Å²) in [5.41, 5.74) is 1.75. The molecule has 0 radical (unpaired) electrons. The zero-order chi connectivity index (χ0) is 14.9. The van der Waals surface area contributed by atoms with Crippen molar-refractivity contribution in [1.82, 2.24) is 19.9 Å². The van der Waals surface area contributed by atoms with Crippen LogP contribution in [0.15, 0.2) is 6.20 Å². The van der Waals surface area contributed by atoms with Gasteiger partial charge >= 0.3 is 6.18 Å². The number of hydrogen-bond acceptors (Lipinski definition) is 4. The first kappa shape index (κ1) is 14.9. The number of fused-ring (bicyclic) bond motifs is 1. The maximum absolute atomic E-state index is 12.5. The molecule has 4 nitrogen and oxygen atoms in total. The molecule has 0 aliphatic carbocycles. The maximum atomic E-state index is 12.5. The van der Waals surface area contributed by atoms with Gasteiger partial charge in [0.1, 0.15) is 5.52 Å². The molecule has 0 amide bonds. The maximum Gasteiger partial charge on any atom is 0.391 e. The van der Waals surface area contributed by atoms with Crippen LogP contribution < -0.4 is 0 Å². The van der Waals surface area contributed by atoms with Crippen LogP contribution in [0.3, 0.4) is 0 Å². The van der Waals surface area contributed by atoms with Gasteiger partial charge in [0.05, 0.1) is 17.3 Å². The van der Waals surface area contributed by atoms with Crippen molar-refractivity contribution in [2.75, 3.05) is 0 Å². The molecule has 0 N–H and O–H groups in total. The standard InChI is InChI=1S/C12H12ClF3N4/c1-6(12(14,15)16)3-4-8-9-10(20-11(13)19-8)18-7(2)5-17-9/h5-6H,3-4H2,1-2H3. The highest BCUT2D eigenvalue weighted by atomic mass is 35.5. The Kier molecular flexibility index (Phi) is 4.08. The van der Waals surface area contributed by atoms with Gasteiger partial charge in [-0.1, -0.05) is 6.92 Å². The normalized spacial score (nSPS) is 13.7. The fourth-order valence-corrected chi connectivity index (χ4v) is 1.90. The molecule has 2 rings (SSSR count). The van der Waals surface area contributed by atoms with Crippen LogP contribution in [-0.4, -0.2) is 26.1 Å². The lowest BCUT2D eigenvalue weighted by Crippen LogP contribution is -2.20. The van der Waals surface area contributed by atoms with Crippen LogP contribution in [-0.2, 0) is 6.42 Å². The number of aromatic nitrogens is 4. The molecule has 0 spiro atoms. The molecular formula is C12H12ClF3N4. The summed E-state index contributed by atoms with van der Waals surface area (Å²) >= 11 is 5.77. The predicted molar refractivity (Wildman–Crippen MR) is 68.4 cm³/mol. The Labute approximate surface area is 118 Å². The lowest BCUT2D eigenvalue weighted by Gasteiger charge is -2.15. The van der Waals surface area contributed by atoms with E-state index in [1.807, 2.05) is 0 Å². The van der Waals surface area contributed by atoms with Crippen molar-refractivity contribution < 1.29 is 13.2 Å². The average Bonchev–Trinajstić information content (AvgIpc) is 2.33. The van der Waals surface area contributed by atoms with E-state index >= 15 is 0 Å². The minimum absolute atomic E-state index is 0.0351. The fourth-order valence-electron chi connectivity index (χ4n) is 1.71. The number of nitrogens with zero attached hydrogens (tertiary/aromatic N) is 4. The molecule has 1 atom stereocenters. The Morgan fingerprint density at radius 3 is 2.60 bits per heavy atom. The second-order valence-electron chi connectivity index (χ2n) is 4.60. The summed E-state index contributed by atoms with van der Waals surface area (Å²) in [5.74, 6) is -1.41. The van der Waals surface area contributed by atoms with Gasteiger partial charge in [-0.25, -0.2) is 15.0 Å². The minimum atomic E-state index is -4.21. The summed E-state index contributed by atoms with van der Waals surface area (Å²) in [4.78, 5) is 16.2. The minimum Gasteiger partial charge on any atom is -0.249 e. The summed E-state index contributed by atoms with van der Waals surface area (Å²) in [5, 5.41) is -0.0351. The van der Waals surface area contributed by atoms with Crippen molar-refractivity contribution in [1.29, 1.82) is 0 Å². The van der Waals surface area contributed by atoms with Crippen LogP contribution in [0.2, 0.25) is 5.28 Å². The molecular weight excluding hydrogens is 293 g/mol. The SMILES string of the molecule is Cc1cnc2c(CCC(C)C(F)(F)F)nc(Cl)nc2n1.